The van der Waals surface area contributed by atoms with Crippen molar-refractivity contribution in [3.8, 4) is 0 Å². The van der Waals surface area contributed by atoms with Gasteiger partial charge in [-0.3, -0.25) is 0 Å². The van der Waals surface area contributed by atoms with Crippen LogP contribution in [0.4, 0.5) is 0 Å². The third kappa shape index (κ3) is 4.72. The van der Waals surface area contributed by atoms with Crippen molar-refractivity contribution in [1.82, 2.24) is 0 Å². The molecule has 0 radical (unpaired) electrons. The van der Waals surface area contributed by atoms with Crippen molar-refractivity contribution in [3.63, 3.8) is 0 Å². The van der Waals surface area contributed by atoms with E-state index in [1.165, 1.54) is 32.1 Å². The predicted molar refractivity (Wildman–Crippen MR) is 73.6 cm³/mol. The van der Waals surface area contributed by atoms with Crippen LogP contribution in [0.5, 0.6) is 0 Å². The fourth-order valence-electron chi connectivity index (χ4n) is 3.36. The molecule has 0 spiro atoms. The highest BCUT2D eigenvalue weighted by Gasteiger charge is 2.26. The Morgan fingerprint density at radius 2 is 1.25 bits per heavy atom. The molecular formula is C16H30. The molecule has 2 rings (SSSR count). The lowest BCUT2D eigenvalue weighted by molar-refractivity contribution is 0.173. The van der Waals surface area contributed by atoms with Crippen LogP contribution in [0.3, 0.4) is 0 Å². The van der Waals surface area contributed by atoms with Gasteiger partial charge in [-0.25, -0.2) is 0 Å². The van der Waals surface area contributed by atoms with Gasteiger partial charge in [0.25, 0.3) is 0 Å². The average molecular weight is 222 g/mol. The SMILES string of the molecule is C=CC.CC1CCC(C2CCCCC2)CC1. The molecule has 0 bridgehead atoms. The lowest BCUT2D eigenvalue weighted by Gasteiger charge is -2.34. The summed E-state index contributed by atoms with van der Waals surface area (Å²) in [5.74, 6) is 3.28. The molecule has 0 aromatic heterocycles. The third-order valence-electron chi connectivity index (χ3n) is 4.38. The molecule has 0 nitrogen and oxygen atoms in total. The molecule has 0 atom stereocenters. The molecule has 0 aromatic rings. The Labute approximate surface area is 103 Å². The highest BCUT2D eigenvalue weighted by atomic mass is 14.3. The van der Waals surface area contributed by atoms with Gasteiger partial charge in [0.05, 0.1) is 0 Å². The first-order chi connectivity index (χ1) is 7.77. The Morgan fingerprint density at radius 3 is 1.75 bits per heavy atom. The molecule has 2 aliphatic rings. The van der Waals surface area contributed by atoms with Crippen LogP contribution in [-0.2, 0) is 0 Å². The second kappa shape index (κ2) is 7.92. The largest absolute Gasteiger partial charge is 0.103 e. The van der Waals surface area contributed by atoms with Crippen molar-refractivity contribution in [2.75, 3.05) is 0 Å². The second-order valence-electron chi connectivity index (χ2n) is 5.83. The van der Waals surface area contributed by atoms with E-state index in [2.05, 4.69) is 13.5 Å². The van der Waals surface area contributed by atoms with Crippen LogP contribution < -0.4 is 0 Å². The summed E-state index contributed by atoms with van der Waals surface area (Å²) >= 11 is 0. The molecule has 0 amide bonds. The van der Waals surface area contributed by atoms with E-state index in [9.17, 15) is 0 Å². The highest BCUT2D eigenvalue weighted by molar-refractivity contribution is 4.78. The quantitative estimate of drug-likeness (QED) is 0.508. The van der Waals surface area contributed by atoms with E-state index in [4.69, 9.17) is 0 Å². The minimum atomic E-state index is 1.03. The fraction of sp³-hybridized carbons (Fsp3) is 0.875. The van der Waals surface area contributed by atoms with E-state index in [1.54, 1.807) is 31.8 Å². The topological polar surface area (TPSA) is 0 Å². The van der Waals surface area contributed by atoms with Crippen molar-refractivity contribution in [1.29, 1.82) is 0 Å². The minimum Gasteiger partial charge on any atom is -0.103 e. The van der Waals surface area contributed by atoms with Crippen LogP contribution in [0.2, 0.25) is 0 Å². The molecule has 0 aromatic carbocycles. The number of hydrogen-bond donors (Lipinski definition) is 0. The molecular weight excluding hydrogens is 192 g/mol. The zero-order valence-corrected chi connectivity index (χ0v) is 11.4. The number of allylic oxidation sites excluding steroid dienone is 1. The van der Waals surface area contributed by atoms with E-state index < -0.39 is 0 Å². The van der Waals surface area contributed by atoms with Gasteiger partial charge >= 0.3 is 0 Å². The predicted octanol–water partition coefficient (Wildman–Crippen LogP) is 5.59. The molecule has 0 saturated heterocycles. The van der Waals surface area contributed by atoms with Crippen LogP contribution in [0.1, 0.15) is 71.6 Å². The summed E-state index contributed by atoms with van der Waals surface area (Å²) in [5, 5.41) is 0. The zero-order chi connectivity index (χ0) is 11.8. The molecule has 0 heteroatoms. The van der Waals surface area contributed by atoms with Crippen LogP contribution in [0, 0.1) is 17.8 Å². The lowest BCUT2D eigenvalue weighted by atomic mass is 9.71. The first-order valence-corrected chi connectivity index (χ1v) is 7.35. The van der Waals surface area contributed by atoms with E-state index in [0.29, 0.717) is 0 Å². The van der Waals surface area contributed by atoms with Gasteiger partial charge in [-0.1, -0.05) is 57.9 Å². The standard InChI is InChI=1S/C13H24.C3H6/c1-11-7-9-13(10-8-11)12-5-3-2-4-6-12;1-3-2/h11-13H,2-10H2,1H3;3H,1H2,2H3. The zero-order valence-electron chi connectivity index (χ0n) is 11.4. The molecule has 2 saturated carbocycles. The normalized spacial score (nSPS) is 31.4. The fourth-order valence-corrected chi connectivity index (χ4v) is 3.36. The van der Waals surface area contributed by atoms with Gasteiger partial charge in [-0.15, -0.1) is 6.58 Å². The molecule has 0 unspecified atom stereocenters. The molecule has 94 valence electrons. The van der Waals surface area contributed by atoms with Gasteiger partial charge in [0, 0.05) is 0 Å². The molecule has 0 aliphatic heterocycles. The van der Waals surface area contributed by atoms with Crippen molar-refractivity contribution in [2.24, 2.45) is 17.8 Å². The summed E-state index contributed by atoms with van der Waals surface area (Å²) < 4.78 is 0. The molecule has 2 aliphatic carbocycles. The Morgan fingerprint density at radius 1 is 0.812 bits per heavy atom. The smallest absolute Gasteiger partial charge is 0.0386 e. The maximum atomic E-state index is 3.36. The van der Waals surface area contributed by atoms with Gasteiger partial charge in [0.2, 0.25) is 0 Å². The summed E-state index contributed by atoms with van der Waals surface area (Å²) in [7, 11) is 0. The van der Waals surface area contributed by atoms with Crippen molar-refractivity contribution >= 4 is 0 Å². The summed E-state index contributed by atoms with van der Waals surface area (Å²) in [5.41, 5.74) is 0. The van der Waals surface area contributed by atoms with E-state index in [1.807, 2.05) is 6.92 Å². The third-order valence-corrected chi connectivity index (χ3v) is 4.38. The van der Waals surface area contributed by atoms with Crippen LogP contribution in [-0.4, -0.2) is 0 Å². The number of rotatable bonds is 1. The monoisotopic (exact) mass is 222 g/mol. The van der Waals surface area contributed by atoms with Crippen LogP contribution in [0.25, 0.3) is 0 Å². The summed E-state index contributed by atoms with van der Waals surface area (Å²) in [4.78, 5) is 0. The summed E-state index contributed by atoms with van der Waals surface area (Å²) in [6.45, 7) is 7.68. The lowest BCUT2D eigenvalue weighted by Crippen LogP contribution is -2.22. The van der Waals surface area contributed by atoms with Crippen molar-refractivity contribution in [3.05, 3.63) is 12.7 Å². The Balaban J connectivity index is 0.000000386. The van der Waals surface area contributed by atoms with Crippen LogP contribution in [0.15, 0.2) is 12.7 Å². The van der Waals surface area contributed by atoms with Gasteiger partial charge in [-0.05, 0) is 37.5 Å². The molecule has 16 heavy (non-hydrogen) atoms. The molecule has 2 fully saturated rings. The minimum absolute atomic E-state index is 1.03. The van der Waals surface area contributed by atoms with Gasteiger partial charge < -0.3 is 0 Å². The second-order valence-corrected chi connectivity index (χ2v) is 5.83. The van der Waals surface area contributed by atoms with E-state index in [-0.39, 0.29) is 0 Å². The van der Waals surface area contributed by atoms with Crippen molar-refractivity contribution < 1.29 is 0 Å². The van der Waals surface area contributed by atoms with Gasteiger partial charge in [0.1, 0.15) is 0 Å². The van der Waals surface area contributed by atoms with Gasteiger partial charge in [0.15, 0.2) is 0 Å². The highest BCUT2D eigenvalue weighted by Crippen LogP contribution is 2.39. The molecule has 0 heterocycles. The first-order valence-electron chi connectivity index (χ1n) is 7.35. The average Bonchev–Trinajstić information content (AvgIpc) is 2.32. The Hall–Kier alpha value is -0.260. The summed E-state index contributed by atoms with van der Waals surface area (Å²) in [6, 6.07) is 0. The Bertz CT molecular complexity index is 168. The van der Waals surface area contributed by atoms with E-state index in [0.717, 1.165) is 17.8 Å². The maximum absolute atomic E-state index is 3.36. The number of hydrogen-bond acceptors (Lipinski definition) is 0. The van der Waals surface area contributed by atoms with Gasteiger partial charge in [-0.2, -0.15) is 0 Å². The van der Waals surface area contributed by atoms with E-state index >= 15 is 0 Å². The summed E-state index contributed by atoms with van der Waals surface area (Å²) in [6.07, 6.45) is 15.5. The Kier molecular flexibility index (Phi) is 6.84. The maximum Gasteiger partial charge on any atom is -0.0386 e. The molecule has 0 N–H and O–H groups in total. The van der Waals surface area contributed by atoms with Crippen molar-refractivity contribution in [2.45, 2.75) is 71.6 Å². The van der Waals surface area contributed by atoms with Crippen LogP contribution >= 0.6 is 0 Å². The first kappa shape index (κ1) is 13.8.